The lowest BCUT2D eigenvalue weighted by molar-refractivity contribution is 0.402. The van der Waals surface area contributed by atoms with Crippen LogP contribution < -0.4 is 5.32 Å². The molecule has 1 aromatic rings. The standard InChI is InChI=1S/C10H17N3S/c1-11-8-3-2-4-9(7-8)14-10-12-5-6-13-10/h5-6,8-9,11H,2-4,7H2,1H3,(H,12,13). The Kier molecular flexibility index (Phi) is 3.48. The van der Waals surface area contributed by atoms with Gasteiger partial charge in [0.2, 0.25) is 0 Å². The van der Waals surface area contributed by atoms with E-state index >= 15 is 0 Å². The van der Waals surface area contributed by atoms with Crippen LogP contribution in [0, 0.1) is 0 Å². The number of aromatic amines is 1. The Morgan fingerprint density at radius 2 is 2.50 bits per heavy atom. The molecule has 1 heterocycles. The van der Waals surface area contributed by atoms with Crippen molar-refractivity contribution in [2.24, 2.45) is 0 Å². The van der Waals surface area contributed by atoms with Gasteiger partial charge in [0.05, 0.1) is 0 Å². The van der Waals surface area contributed by atoms with Gasteiger partial charge in [0.25, 0.3) is 0 Å². The van der Waals surface area contributed by atoms with Crippen molar-refractivity contribution in [2.45, 2.75) is 42.1 Å². The maximum atomic E-state index is 4.25. The molecule has 3 nitrogen and oxygen atoms in total. The summed E-state index contributed by atoms with van der Waals surface area (Å²) in [6.45, 7) is 0. The summed E-state index contributed by atoms with van der Waals surface area (Å²) in [5, 5.41) is 5.16. The number of nitrogens with one attached hydrogen (secondary N) is 2. The molecule has 0 radical (unpaired) electrons. The van der Waals surface area contributed by atoms with Gasteiger partial charge in [-0.25, -0.2) is 4.98 Å². The number of hydrogen-bond donors (Lipinski definition) is 2. The predicted octanol–water partition coefficient (Wildman–Crippen LogP) is 2.03. The topological polar surface area (TPSA) is 40.7 Å². The van der Waals surface area contributed by atoms with E-state index in [2.05, 4.69) is 22.3 Å². The van der Waals surface area contributed by atoms with Crippen LogP contribution in [0.5, 0.6) is 0 Å². The van der Waals surface area contributed by atoms with Crippen molar-refractivity contribution in [3.05, 3.63) is 12.4 Å². The largest absolute Gasteiger partial charge is 0.340 e. The van der Waals surface area contributed by atoms with Crippen molar-refractivity contribution in [3.63, 3.8) is 0 Å². The van der Waals surface area contributed by atoms with Gasteiger partial charge in [-0.15, -0.1) is 0 Å². The molecule has 1 fully saturated rings. The average Bonchev–Trinajstić information content (AvgIpc) is 2.71. The monoisotopic (exact) mass is 211 g/mol. The van der Waals surface area contributed by atoms with Crippen molar-refractivity contribution in [1.82, 2.24) is 15.3 Å². The van der Waals surface area contributed by atoms with E-state index < -0.39 is 0 Å². The Labute approximate surface area is 89.1 Å². The molecular weight excluding hydrogens is 194 g/mol. The molecule has 2 rings (SSSR count). The molecule has 1 saturated carbocycles. The predicted molar refractivity (Wildman–Crippen MR) is 59.5 cm³/mol. The van der Waals surface area contributed by atoms with Gasteiger partial charge in [-0.2, -0.15) is 0 Å². The molecule has 0 bridgehead atoms. The zero-order valence-corrected chi connectivity index (χ0v) is 9.31. The van der Waals surface area contributed by atoms with E-state index in [1.165, 1.54) is 25.7 Å². The summed E-state index contributed by atoms with van der Waals surface area (Å²) >= 11 is 1.88. The summed E-state index contributed by atoms with van der Waals surface area (Å²) in [6.07, 6.45) is 8.96. The Hall–Kier alpha value is -0.480. The van der Waals surface area contributed by atoms with E-state index in [1.807, 2.05) is 24.2 Å². The minimum atomic E-state index is 0.705. The van der Waals surface area contributed by atoms with Gasteiger partial charge in [0.1, 0.15) is 0 Å². The summed E-state index contributed by atoms with van der Waals surface area (Å²) in [7, 11) is 2.06. The molecular formula is C10H17N3S. The zero-order valence-electron chi connectivity index (χ0n) is 8.49. The van der Waals surface area contributed by atoms with Gasteiger partial charge < -0.3 is 10.3 Å². The summed E-state index contributed by atoms with van der Waals surface area (Å²) in [5.41, 5.74) is 0. The molecule has 2 unspecified atom stereocenters. The maximum absolute atomic E-state index is 4.25. The third kappa shape index (κ3) is 2.51. The van der Waals surface area contributed by atoms with Gasteiger partial charge in [-0.3, -0.25) is 0 Å². The minimum absolute atomic E-state index is 0.705. The van der Waals surface area contributed by atoms with E-state index in [0.717, 1.165) is 10.4 Å². The number of hydrogen-bond acceptors (Lipinski definition) is 3. The second kappa shape index (κ2) is 4.84. The van der Waals surface area contributed by atoms with Gasteiger partial charge >= 0.3 is 0 Å². The Balaban J connectivity index is 1.86. The number of aromatic nitrogens is 2. The minimum Gasteiger partial charge on any atom is -0.340 e. The number of H-pyrrole nitrogens is 1. The third-order valence-electron chi connectivity index (χ3n) is 2.79. The molecule has 0 saturated heterocycles. The van der Waals surface area contributed by atoms with E-state index in [9.17, 15) is 0 Å². The van der Waals surface area contributed by atoms with Crippen LogP contribution in [0.15, 0.2) is 17.6 Å². The van der Waals surface area contributed by atoms with Crippen LogP contribution in [0.3, 0.4) is 0 Å². The van der Waals surface area contributed by atoms with Crippen LogP contribution in [0.1, 0.15) is 25.7 Å². The Morgan fingerprint density at radius 1 is 1.57 bits per heavy atom. The van der Waals surface area contributed by atoms with Crippen LogP contribution in [0.4, 0.5) is 0 Å². The third-order valence-corrected chi connectivity index (χ3v) is 3.99. The number of thioether (sulfide) groups is 1. The van der Waals surface area contributed by atoms with Crippen molar-refractivity contribution >= 4 is 11.8 Å². The molecule has 0 spiro atoms. The molecule has 1 aliphatic rings. The van der Waals surface area contributed by atoms with Crippen molar-refractivity contribution in [2.75, 3.05) is 7.05 Å². The molecule has 1 aromatic heterocycles. The Morgan fingerprint density at radius 3 is 3.21 bits per heavy atom. The van der Waals surface area contributed by atoms with E-state index in [4.69, 9.17) is 0 Å². The molecule has 2 atom stereocenters. The first-order valence-electron chi connectivity index (χ1n) is 5.22. The van der Waals surface area contributed by atoms with Gasteiger partial charge in [0, 0.05) is 23.7 Å². The zero-order chi connectivity index (χ0) is 9.80. The highest BCUT2D eigenvalue weighted by Crippen LogP contribution is 2.31. The van der Waals surface area contributed by atoms with Crippen molar-refractivity contribution in [3.8, 4) is 0 Å². The highest BCUT2D eigenvalue weighted by Gasteiger charge is 2.21. The fraction of sp³-hybridized carbons (Fsp3) is 0.700. The maximum Gasteiger partial charge on any atom is 0.165 e. The highest BCUT2D eigenvalue weighted by atomic mass is 32.2. The van der Waals surface area contributed by atoms with Crippen molar-refractivity contribution in [1.29, 1.82) is 0 Å². The molecule has 0 aliphatic heterocycles. The number of nitrogens with zero attached hydrogens (tertiary/aromatic N) is 1. The molecule has 0 amide bonds. The smallest absolute Gasteiger partial charge is 0.165 e. The van der Waals surface area contributed by atoms with Crippen LogP contribution in [0.25, 0.3) is 0 Å². The highest BCUT2D eigenvalue weighted by molar-refractivity contribution is 7.99. The van der Waals surface area contributed by atoms with Crippen LogP contribution in [-0.2, 0) is 0 Å². The lowest BCUT2D eigenvalue weighted by atomic mass is 9.95. The first-order chi connectivity index (χ1) is 6.88. The SMILES string of the molecule is CNC1CCCC(Sc2ncc[nH]2)C1. The molecule has 0 aromatic carbocycles. The van der Waals surface area contributed by atoms with Crippen LogP contribution in [0.2, 0.25) is 0 Å². The summed E-state index contributed by atoms with van der Waals surface area (Å²) < 4.78 is 0. The number of imidazole rings is 1. The molecule has 2 N–H and O–H groups in total. The number of rotatable bonds is 3. The lowest BCUT2D eigenvalue weighted by Gasteiger charge is -2.27. The molecule has 4 heteroatoms. The van der Waals surface area contributed by atoms with Gasteiger partial charge in [0.15, 0.2) is 5.16 Å². The fourth-order valence-corrected chi connectivity index (χ4v) is 3.17. The summed E-state index contributed by atoms with van der Waals surface area (Å²) in [5.74, 6) is 0. The van der Waals surface area contributed by atoms with Gasteiger partial charge in [-0.1, -0.05) is 18.2 Å². The van der Waals surface area contributed by atoms with Gasteiger partial charge in [-0.05, 0) is 26.3 Å². The fourth-order valence-electron chi connectivity index (χ4n) is 1.99. The second-order valence-corrected chi connectivity index (χ2v) is 5.08. The first kappa shape index (κ1) is 10.1. The summed E-state index contributed by atoms with van der Waals surface area (Å²) in [6, 6.07) is 0.705. The second-order valence-electron chi connectivity index (χ2n) is 3.79. The van der Waals surface area contributed by atoms with E-state index in [-0.39, 0.29) is 0 Å². The molecule has 78 valence electrons. The Bertz CT molecular complexity index is 260. The van der Waals surface area contributed by atoms with Crippen LogP contribution >= 0.6 is 11.8 Å². The normalized spacial score (nSPS) is 27.8. The van der Waals surface area contributed by atoms with Crippen LogP contribution in [-0.4, -0.2) is 28.3 Å². The van der Waals surface area contributed by atoms with E-state index in [1.54, 1.807) is 0 Å². The lowest BCUT2D eigenvalue weighted by Crippen LogP contribution is -2.32. The quantitative estimate of drug-likeness (QED) is 0.803. The molecule has 14 heavy (non-hydrogen) atoms. The molecule has 1 aliphatic carbocycles. The average molecular weight is 211 g/mol. The van der Waals surface area contributed by atoms with Crippen molar-refractivity contribution < 1.29 is 0 Å². The summed E-state index contributed by atoms with van der Waals surface area (Å²) in [4.78, 5) is 7.40. The first-order valence-corrected chi connectivity index (χ1v) is 6.09. The van der Waals surface area contributed by atoms with E-state index in [0.29, 0.717) is 6.04 Å².